The Morgan fingerprint density at radius 2 is 0.677 bits per heavy atom. The molecule has 0 aliphatic rings. The Morgan fingerprint density at radius 3 is 1.02 bits per heavy atom. The van der Waals surface area contributed by atoms with E-state index < -0.39 is 12.1 Å². The molecule has 65 heavy (non-hydrogen) atoms. The maximum absolute atomic E-state index is 12.5. The lowest BCUT2D eigenvalue weighted by molar-refractivity contribution is -0.123. The molecule has 0 aromatic rings. The van der Waals surface area contributed by atoms with Crippen molar-refractivity contribution < 1.29 is 15.0 Å². The van der Waals surface area contributed by atoms with Crippen LogP contribution < -0.4 is 5.32 Å². The highest BCUT2D eigenvalue weighted by atomic mass is 16.3. The molecule has 2 atom stereocenters. The Bertz CT molecular complexity index is 1210. The highest BCUT2D eigenvalue weighted by Gasteiger charge is 2.18. The zero-order chi connectivity index (χ0) is 47.0. The fourth-order valence-electron chi connectivity index (χ4n) is 8.10. The smallest absolute Gasteiger partial charge is 0.220 e. The summed E-state index contributed by atoms with van der Waals surface area (Å²) < 4.78 is 0. The van der Waals surface area contributed by atoms with Crippen LogP contribution in [0.25, 0.3) is 0 Å². The lowest BCUT2D eigenvalue weighted by Gasteiger charge is -2.20. The predicted molar refractivity (Wildman–Crippen MR) is 290 cm³/mol. The van der Waals surface area contributed by atoms with Crippen LogP contribution in [0.15, 0.2) is 97.2 Å². The molecule has 0 spiro atoms. The van der Waals surface area contributed by atoms with Gasteiger partial charge < -0.3 is 15.5 Å². The van der Waals surface area contributed by atoms with Gasteiger partial charge in [-0.15, -0.1) is 0 Å². The number of aliphatic hydroxyl groups is 2. The van der Waals surface area contributed by atoms with Gasteiger partial charge in [-0.1, -0.05) is 278 Å². The molecular formula is C61H107NO3. The summed E-state index contributed by atoms with van der Waals surface area (Å²) in [5.74, 6) is -0.0722. The van der Waals surface area contributed by atoms with Crippen molar-refractivity contribution in [2.75, 3.05) is 6.61 Å². The third-order valence-electron chi connectivity index (χ3n) is 12.3. The van der Waals surface area contributed by atoms with Crippen molar-refractivity contribution >= 4 is 5.91 Å². The number of hydrogen-bond donors (Lipinski definition) is 3. The van der Waals surface area contributed by atoms with E-state index in [1.807, 2.05) is 6.08 Å². The lowest BCUT2D eigenvalue weighted by atomic mass is 10.0. The van der Waals surface area contributed by atoms with Gasteiger partial charge in [-0.3, -0.25) is 4.79 Å². The monoisotopic (exact) mass is 902 g/mol. The van der Waals surface area contributed by atoms with Crippen LogP contribution in [0.5, 0.6) is 0 Å². The molecule has 0 radical (unpaired) electrons. The van der Waals surface area contributed by atoms with E-state index in [0.29, 0.717) is 6.42 Å². The van der Waals surface area contributed by atoms with Crippen molar-refractivity contribution in [3.8, 4) is 0 Å². The number of carbonyl (C=O) groups excluding carboxylic acids is 1. The molecule has 0 heterocycles. The molecule has 0 aliphatic heterocycles. The first-order chi connectivity index (χ1) is 32.2. The topological polar surface area (TPSA) is 69.6 Å². The molecule has 3 N–H and O–H groups in total. The first-order valence-electron chi connectivity index (χ1n) is 28.0. The summed E-state index contributed by atoms with van der Waals surface area (Å²) in [6, 6.07) is -0.633. The summed E-state index contributed by atoms with van der Waals surface area (Å²) in [6.45, 7) is 4.21. The summed E-state index contributed by atoms with van der Waals surface area (Å²) in [5.41, 5.74) is 0. The van der Waals surface area contributed by atoms with Crippen molar-refractivity contribution in [2.45, 2.75) is 276 Å². The molecule has 0 aliphatic carbocycles. The Labute approximate surface area is 404 Å². The highest BCUT2D eigenvalue weighted by Crippen LogP contribution is 2.16. The van der Waals surface area contributed by atoms with Gasteiger partial charge in [-0.2, -0.15) is 0 Å². The van der Waals surface area contributed by atoms with Crippen molar-refractivity contribution in [3.05, 3.63) is 97.2 Å². The van der Waals surface area contributed by atoms with E-state index in [1.54, 1.807) is 6.08 Å². The molecule has 0 aromatic heterocycles. The molecule has 4 heteroatoms. The fourth-order valence-corrected chi connectivity index (χ4v) is 8.10. The maximum atomic E-state index is 12.5. The van der Waals surface area contributed by atoms with Crippen LogP contribution in [0, 0.1) is 0 Å². The van der Waals surface area contributed by atoms with Crippen LogP contribution in [0.4, 0.5) is 0 Å². The third-order valence-corrected chi connectivity index (χ3v) is 12.3. The summed E-state index contributed by atoms with van der Waals surface area (Å²) in [7, 11) is 0. The van der Waals surface area contributed by atoms with Crippen LogP contribution in [0.3, 0.4) is 0 Å². The summed E-state index contributed by atoms with van der Waals surface area (Å²) in [4.78, 5) is 12.5. The van der Waals surface area contributed by atoms with Crippen molar-refractivity contribution in [2.24, 2.45) is 0 Å². The number of nitrogens with one attached hydrogen (secondary N) is 1. The van der Waals surface area contributed by atoms with Crippen LogP contribution >= 0.6 is 0 Å². The van der Waals surface area contributed by atoms with Crippen molar-refractivity contribution in [1.29, 1.82) is 0 Å². The SMILES string of the molecule is CC/C=C\C/C=C\C/C=C\C/C=C\C/C=C\C/C=C\C/C=C\CCCCCCCCCCCC(=O)NC(CO)C(O)/C=C/CCCCCCCCCCCCCCCCCCCCCC. The lowest BCUT2D eigenvalue weighted by Crippen LogP contribution is -2.45. The molecule has 0 fully saturated rings. The molecular weight excluding hydrogens is 795 g/mol. The van der Waals surface area contributed by atoms with Gasteiger partial charge >= 0.3 is 0 Å². The Hall–Kier alpha value is -2.69. The van der Waals surface area contributed by atoms with E-state index >= 15 is 0 Å². The van der Waals surface area contributed by atoms with Gasteiger partial charge in [0.05, 0.1) is 18.8 Å². The minimum absolute atomic E-state index is 0.0722. The zero-order valence-electron chi connectivity index (χ0n) is 43.0. The minimum atomic E-state index is -0.849. The molecule has 0 aromatic carbocycles. The molecule has 1 amide bonds. The fraction of sp³-hybridized carbons (Fsp3) is 0.721. The van der Waals surface area contributed by atoms with E-state index in [1.165, 1.54) is 173 Å². The van der Waals surface area contributed by atoms with Gasteiger partial charge in [-0.05, 0) is 77.0 Å². The third kappa shape index (κ3) is 52.1. The molecule has 4 nitrogen and oxygen atoms in total. The minimum Gasteiger partial charge on any atom is -0.394 e. The largest absolute Gasteiger partial charge is 0.394 e. The average Bonchev–Trinajstić information content (AvgIpc) is 3.31. The molecule has 0 rings (SSSR count). The maximum Gasteiger partial charge on any atom is 0.220 e. The average molecular weight is 903 g/mol. The Balaban J connectivity index is 3.58. The zero-order valence-corrected chi connectivity index (χ0v) is 43.0. The Kier molecular flexibility index (Phi) is 53.3. The number of hydrogen-bond acceptors (Lipinski definition) is 3. The quantitative estimate of drug-likeness (QED) is 0.0421. The number of rotatable bonds is 50. The molecule has 2 unspecified atom stereocenters. The van der Waals surface area contributed by atoms with E-state index in [9.17, 15) is 15.0 Å². The number of aliphatic hydroxyl groups excluding tert-OH is 2. The predicted octanol–water partition coefficient (Wildman–Crippen LogP) is 18.5. The number of allylic oxidation sites excluding steroid dienone is 15. The van der Waals surface area contributed by atoms with Gasteiger partial charge in [0.1, 0.15) is 0 Å². The van der Waals surface area contributed by atoms with Gasteiger partial charge in [0.15, 0.2) is 0 Å². The van der Waals surface area contributed by atoms with Gasteiger partial charge in [0.25, 0.3) is 0 Å². The van der Waals surface area contributed by atoms with Crippen LogP contribution in [-0.2, 0) is 4.79 Å². The summed E-state index contributed by atoms with van der Waals surface area (Å²) >= 11 is 0. The van der Waals surface area contributed by atoms with Crippen LogP contribution in [0.2, 0.25) is 0 Å². The second kappa shape index (κ2) is 55.6. The van der Waals surface area contributed by atoms with E-state index in [2.05, 4.69) is 104 Å². The first-order valence-corrected chi connectivity index (χ1v) is 28.0. The highest BCUT2D eigenvalue weighted by molar-refractivity contribution is 5.76. The van der Waals surface area contributed by atoms with Crippen molar-refractivity contribution in [1.82, 2.24) is 5.32 Å². The van der Waals surface area contributed by atoms with E-state index in [-0.39, 0.29) is 12.5 Å². The first kappa shape index (κ1) is 62.3. The second-order valence-corrected chi connectivity index (χ2v) is 18.6. The van der Waals surface area contributed by atoms with Crippen LogP contribution in [-0.4, -0.2) is 34.9 Å². The number of carbonyl (C=O) groups is 1. The molecule has 0 saturated carbocycles. The second-order valence-electron chi connectivity index (χ2n) is 18.6. The molecule has 0 saturated heterocycles. The molecule has 374 valence electrons. The van der Waals surface area contributed by atoms with Gasteiger partial charge in [0, 0.05) is 6.42 Å². The normalized spacial score (nSPS) is 13.6. The van der Waals surface area contributed by atoms with Crippen LogP contribution in [0.1, 0.15) is 264 Å². The Morgan fingerprint density at radius 1 is 0.385 bits per heavy atom. The van der Waals surface area contributed by atoms with Crippen molar-refractivity contribution in [3.63, 3.8) is 0 Å². The van der Waals surface area contributed by atoms with Gasteiger partial charge in [-0.25, -0.2) is 0 Å². The van der Waals surface area contributed by atoms with Gasteiger partial charge in [0.2, 0.25) is 5.91 Å². The number of amides is 1. The number of unbranched alkanes of at least 4 members (excludes halogenated alkanes) is 29. The summed E-state index contributed by atoms with van der Waals surface area (Å²) in [6.07, 6.45) is 82.7. The molecule has 0 bridgehead atoms. The van der Waals surface area contributed by atoms with E-state index in [4.69, 9.17) is 0 Å². The van der Waals surface area contributed by atoms with E-state index in [0.717, 1.165) is 70.6 Å². The standard InChI is InChI=1S/C61H107NO3/c1-3-5-7-9-11-13-15-17-19-21-23-25-27-28-29-30-31-32-33-34-35-37-39-41-43-45-47-49-51-53-55-57-61(65)62-59(58-63)60(64)56-54-52-50-48-46-44-42-40-38-36-26-24-22-20-18-16-14-12-10-8-6-4-2/h5,7,11,13,17,19,23,25,28-29,31-32,34-35,54,56,59-60,63-64H,3-4,6,8-10,12,14-16,18,20-22,24,26-27,30,33,36-53,55,57-58H2,1-2H3,(H,62,65)/b7-5-,13-11-,19-17-,25-23-,29-28-,32-31-,35-34-,56-54+. The summed E-state index contributed by atoms with van der Waals surface area (Å²) in [5, 5.41) is 23.2.